The molecule has 1 heterocycles. The van der Waals surface area contributed by atoms with Crippen LogP contribution in [0, 0.1) is 0 Å². The molecule has 1 unspecified atom stereocenters. The highest BCUT2D eigenvalue weighted by molar-refractivity contribution is 5.78. The fraction of sp³-hybridized carbons (Fsp3) is 0.400. The highest BCUT2D eigenvalue weighted by atomic mass is 15.2. The number of aliphatic imine (C=N–C) groups is 1. The molecule has 0 aliphatic carbocycles. The van der Waals surface area contributed by atoms with Gasteiger partial charge in [0.05, 0.1) is 5.70 Å². The van der Waals surface area contributed by atoms with Crippen LogP contribution in [0.15, 0.2) is 16.9 Å². The molecule has 0 amide bonds. The Bertz CT molecular complexity index is 168. The quantitative estimate of drug-likeness (QED) is 0.393. The van der Waals surface area contributed by atoms with Crippen LogP contribution in [-0.4, -0.2) is 12.0 Å². The van der Waals surface area contributed by atoms with Gasteiger partial charge in [-0.2, -0.15) is 0 Å². The van der Waals surface area contributed by atoms with E-state index in [0.717, 1.165) is 0 Å². The zero-order valence-corrected chi connectivity index (χ0v) is 5.26. The predicted octanol–water partition coefficient (Wildman–Crippen LogP) is -0.907. The molecular weight excluding hydrogens is 116 g/mol. The minimum Gasteiger partial charge on any atom is -0.396 e. The minimum absolute atomic E-state index is 0.595. The second kappa shape index (κ2) is 1.73. The highest BCUT2D eigenvalue weighted by Gasteiger charge is 2.14. The molecule has 4 heteroatoms. The van der Waals surface area contributed by atoms with E-state index in [0.29, 0.717) is 5.70 Å². The van der Waals surface area contributed by atoms with Gasteiger partial charge in [-0.05, 0) is 6.92 Å². The first kappa shape index (κ1) is 6.10. The van der Waals surface area contributed by atoms with Gasteiger partial charge < -0.3 is 11.1 Å². The van der Waals surface area contributed by atoms with E-state index in [9.17, 15) is 0 Å². The third-order valence-electron chi connectivity index (χ3n) is 1.01. The van der Waals surface area contributed by atoms with Gasteiger partial charge >= 0.3 is 0 Å². The van der Waals surface area contributed by atoms with Gasteiger partial charge in [-0.15, -0.1) is 0 Å². The van der Waals surface area contributed by atoms with Crippen molar-refractivity contribution in [2.24, 2.45) is 16.5 Å². The molecule has 0 fully saturated rings. The van der Waals surface area contributed by atoms with E-state index in [-0.39, 0.29) is 0 Å². The van der Waals surface area contributed by atoms with Crippen LogP contribution in [0.3, 0.4) is 0 Å². The van der Waals surface area contributed by atoms with Crippen molar-refractivity contribution in [1.82, 2.24) is 5.32 Å². The van der Waals surface area contributed by atoms with Gasteiger partial charge in [0.2, 0.25) is 0 Å². The van der Waals surface area contributed by atoms with Gasteiger partial charge in [-0.25, -0.2) is 4.99 Å². The zero-order chi connectivity index (χ0) is 6.91. The molecular formula is C5H10N4. The molecule has 5 N–H and O–H groups in total. The molecule has 0 aromatic carbocycles. The van der Waals surface area contributed by atoms with Crippen LogP contribution in [-0.2, 0) is 0 Å². The maximum Gasteiger partial charge on any atom is 0.179 e. The molecule has 1 aliphatic rings. The third kappa shape index (κ3) is 1.43. The lowest BCUT2D eigenvalue weighted by Gasteiger charge is -2.22. The number of rotatable bonds is 0. The molecule has 1 rings (SSSR count). The normalized spacial score (nSPS) is 33.3. The van der Waals surface area contributed by atoms with Gasteiger partial charge in [0.25, 0.3) is 0 Å². The summed E-state index contributed by atoms with van der Waals surface area (Å²) in [5.74, 6) is -0.678. The van der Waals surface area contributed by atoms with Crippen molar-refractivity contribution in [2.45, 2.75) is 12.7 Å². The van der Waals surface area contributed by atoms with Crippen LogP contribution in [0.4, 0.5) is 0 Å². The van der Waals surface area contributed by atoms with E-state index in [1.165, 1.54) is 6.21 Å². The lowest BCUT2D eigenvalue weighted by Crippen LogP contribution is -2.48. The van der Waals surface area contributed by atoms with Crippen molar-refractivity contribution in [3.8, 4) is 0 Å². The van der Waals surface area contributed by atoms with Crippen molar-refractivity contribution in [2.75, 3.05) is 0 Å². The Morgan fingerprint density at radius 3 is 2.78 bits per heavy atom. The standard InChI is InChI=1S/C5H10N4/c1-5(7)8-2-4(6)3-9-5/h2-3,8H,6-7H2,1H3. The second-order valence-electron chi connectivity index (χ2n) is 2.19. The maximum absolute atomic E-state index is 5.53. The Labute approximate surface area is 53.6 Å². The number of nitrogens with zero attached hydrogens (tertiary/aromatic N) is 1. The van der Waals surface area contributed by atoms with Gasteiger partial charge in [0.15, 0.2) is 5.79 Å². The first-order valence-electron chi connectivity index (χ1n) is 2.68. The first-order chi connectivity index (χ1) is 4.10. The monoisotopic (exact) mass is 126 g/mol. The summed E-state index contributed by atoms with van der Waals surface area (Å²) in [7, 11) is 0. The summed E-state index contributed by atoms with van der Waals surface area (Å²) in [6, 6.07) is 0. The molecule has 0 aromatic heterocycles. The zero-order valence-electron chi connectivity index (χ0n) is 5.26. The molecule has 0 aromatic rings. The number of hydrogen-bond acceptors (Lipinski definition) is 4. The summed E-state index contributed by atoms with van der Waals surface area (Å²) in [6.07, 6.45) is 3.17. The molecule has 1 atom stereocenters. The number of nitrogens with two attached hydrogens (primary N) is 2. The van der Waals surface area contributed by atoms with Crippen LogP contribution in [0.25, 0.3) is 0 Å². The molecule has 9 heavy (non-hydrogen) atoms. The van der Waals surface area contributed by atoms with Crippen molar-refractivity contribution in [1.29, 1.82) is 0 Å². The molecule has 0 bridgehead atoms. The molecule has 50 valence electrons. The van der Waals surface area contributed by atoms with Crippen LogP contribution < -0.4 is 16.8 Å². The van der Waals surface area contributed by atoms with E-state index < -0.39 is 5.79 Å². The van der Waals surface area contributed by atoms with Crippen molar-refractivity contribution >= 4 is 6.21 Å². The molecule has 0 spiro atoms. The van der Waals surface area contributed by atoms with E-state index >= 15 is 0 Å². The first-order valence-corrected chi connectivity index (χ1v) is 2.68. The second-order valence-corrected chi connectivity index (χ2v) is 2.19. The Morgan fingerprint density at radius 1 is 1.78 bits per heavy atom. The van der Waals surface area contributed by atoms with Crippen LogP contribution >= 0.6 is 0 Å². The molecule has 0 radical (unpaired) electrons. The van der Waals surface area contributed by atoms with Gasteiger partial charge in [0.1, 0.15) is 0 Å². The highest BCUT2D eigenvalue weighted by Crippen LogP contribution is 1.99. The van der Waals surface area contributed by atoms with E-state index in [1.807, 2.05) is 0 Å². The van der Waals surface area contributed by atoms with Crippen LogP contribution in [0.1, 0.15) is 6.92 Å². The van der Waals surface area contributed by atoms with Crippen molar-refractivity contribution < 1.29 is 0 Å². The van der Waals surface area contributed by atoms with E-state index in [1.54, 1.807) is 13.1 Å². The number of allylic oxidation sites excluding steroid dienone is 1. The van der Waals surface area contributed by atoms with Gasteiger partial charge in [-0.1, -0.05) is 0 Å². The number of hydrogen-bond donors (Lipinski definition) is 3. The smallest absolute Gasteiger partial charge is 0.179 e. The van der Waals surface area contributed by atoms with Crippen molar-refractivity contribution in [3.05, 3.63) is 11.9 Å². The van der Waals surface area contributed by atoms with Gasteiger partial charge in [-0.3, -0.25) is 5.73 Å². The largest absolute Gasteiger partial charge is 0.396 e. The average Bonchev–Trinajstić information content (AvgIpc) is 1.78. The van der Waals surface area contributed by atoms with E-state index in [2.05, 4.69) is 10.3 Å². The molecule has 4 nitrogen and oxygen atoms in total. The lowest BCUT2D eigenvalue weighted by molar-refractivity contribution is 0.436. The van der Waals surface area contributed by atoms with Crippen LogP contribution in [0.5, 0.6) is 0 Å². The third-order valence-corrected chi connectivity index (χ3v) is 1.01. The maximum atomic E-state index is 5.53. The fourth-order valence-electron chi connectivity index (χ4n) is 0.513. The number of nitrogens with one attached hydrogen (secondary N) is 1. The van der Waals surface area contributed by atoms with E-state index in [4.69, 9.17) is 11.5 Å². The summed E-state index contributed by atoms with van der Waals surface area (Å²) < 4.78 is 0. The average molecular weight is 126 g/mol. The Morgan fingerprint density at radius 2 is 2.44 bits per heavy atom. The Hall–Kier alpha value is -1.03. The Balaban J connectivity index is 2.70. The summed E-state index contributed by atoms with van der Waals surface area (Å²) in [6.45, 7) is 1.76. The predicted molar refractivity (Wildman–Crippen MR) is 36.5 cm³/mol. The van der Waals surface area contributed by atoms with Crippen LogP contribution in [0.2, 0.25) is 0 Å². The summed E-state index contributed by atoms with van der Waals surface area (Å²) >= 11 is 0. The molecule has 0 saturated heterocycles. The molecule has 1 aliphatic heterocycles. The summed E-state index contributed by atoms with van der Waals surface area (Å²) in [5.41, 5.74) is 11.5. The van der Waals surface area contributed by atoms with Gasteiger partial charge in [0, 0.05) is 12.4 Å². The Kier molecular flexibility index (Phi) is 1.17. The topological polar surface area (TPSA) is 76.4 Å². The summed E-state index contributed by atoms with van der Waals surface area (Å²) in [5, 5.41) is 2.80. The lowest BCUT2D eigenvalue weighted by atomic mass is 10.3. The fourth-order valence-corrected chi connectivity index (χ4v) is 0.513. The van der Waals surface area contributed by atoms with Crippen molar-refractivity contribution in [3.63, 3.8) is 0 Å². The molecule has 0 saturated carbocycles. The minimum atomic E-state index is -0.678. The SMILES string of the molecule is CC1(N)N=CC(N)=CN1. The summed E-state index contributed by atoms with van der Waals surface area (Å²) in [4.78, 5) is 3.89.